The van der Waals surface area contributed by atoms with Gasteiger partial charge in [0.15, 0.2) is 5.78 Å². The summed E-state index contributed by atoms with van der Waals surface area (Å²) in [6.45, 7) is 3.94. The number of amides is 1. The molecule has 1 aromatic carbocycles. The number of ether oxygens (including phenoxy) is 1. The predicted octanol–water partition coefficient (Wildman–Crippen LogP) is 3.36. The normalized spacial score (nSPS) is 21.2. The summed E-state index contributed by atoms with van der Waals surface area (Å²) in [4.78, 5) is 24.6. The van der Waals surface area contributed by atoms with Crippen molar-refractivity contribution < 1.29 is 14.3 Å². The van der Waals surface area contributed by atoms with Gasteiger partial charge in [0.05, 0.1) is 6.10 Å². The maximum atomic E-state index is 12.3. The molecular weight excluding hydrogens is 290 g/mol. The Morgan fingerprint density at radius 3 is 2.48 bits per heavy atom. The molecule has 1 aliphatic carbocycles. The first-order chi connectivity index (χ1) is 10.9. The first-order valence-electron chi connectivity index (χ1n) is 8.30. The van der Waals surface area contributed by atoms with E-state index in [1.165, 1.54) is 0 Å². The molecule has 126 valence electrons. The van der Waals surface area contributed by atoms with Gasteiger partial charge >= 0.3 is 0 Å². The van der Waals surface area contributed by atoms with Gasteiger partial charge in [-0.2, -0.15) is 0 Å². The molecule has 4 nitrogen and oxygen atoms in total. The monoisotopic (exact) mass is 317 g/mol. The fourth-order valence-electron chi connectivity index (χ4n) is 3.22. The maximum Gasteiger partial charge on any atom is 0.220 e. The van der Waals surface area contributed by atoms with Crippen molar-refractivity contribution in [3.8, 4) is 0 Å². The molecular formula is C19H27NO3. The number of nitrogens with one attached hydrogen (secondary N) is 1. The number of carbonyl (C=O) groups is 2. The van der Waals surface area contributed by atoms with Crippen LogP contribution in [-0.4, -0.2) is 30.9 Å². The number of benzene rings is 1. The Kier molecular flexibility index (Phi) is 5.94. The molecule has 0 aromatic heterocycles. The zero-order valence-electron chi connectivity index (χ0n) is 14.3. The van der Waals surface area contributed by atoms with Crippen molar-refractivity contribution in [2.45, 2.75) is 58.1 Å². The Bertz CT molecular complexity index is 539. The molecule has 2 atom stereocenters. The Morgan fingerprint density at radius 1 is 1.17 bits per heavy atom. The van der Waals surface area contributed by atoms with Gasteiger partial charge in [0.2, 0.25) is 5.91 Å². The Labute approximate surface area is 138 Å². The van der Waals surface area contributed by atoms with Gasteiger partial charge in [-0.15, -0.1) is 0 Å². The Balaban J connectivity index is 1.83. The van der Waals surface area contributed by atoms with Gasteiger partial charge in [-0.1, -0.05) is 44.2 Å². The molecule has 0 radical (unpaired) electrons. The van der Waals surface area contributed by atoms with E-state index in [0.717, 1.165) is 19.3 Å². The third-order valence-corrected chi connectivity index (χ3v) is 4.46. The van der Waals surface area contributed by atoms with E-state index >= 15 is 0 Å². The van der Waals surface area contributed by atoms with Crippen LogP contribution in [0.3, 0.4) is 0 Å². The van der Waals surface area contributed by atoms with Crippen molar-refractivity contribution in [1.82, 2.24) is 5.32 Å². The molecule has 0 spiro atoms. The summed E-state index contributed by atoms with van der Waals surface area (Å²) in [6, 6.07) is 9.46. The second-order valence-corrected chi connectivity index (χ2v) is 7.24. The van der Waals surface area contributed by atoms with Crippen molar-refractivity contribution in [2.24, 2.45) is 5.41 Å². The van der Waals surface area contributed by atoms with E-state index in [-0.39, 0.29) is 29.3 Å². The minimum absolute atomic E-state index is 0.0256. The number of Topliss-reactive ketones (excluding diaryl/α,β-unsaturated/α-hetero) is 1. The highest BCUT2D eigenvalue weighted by Crippen LogP contribution is 2.28. The minimum atomic E-state index is -0.351. The zero-order chi connectivity index (χ0) is 16.9. The van der Waals surface area contributed by atoms with Crippen molar-refractivity contribution in [3.05, 3.63) is 35.9 Å². The topological polar surface area (TPSA) is 55.4 Å². The number of carbonyl (C=O) groups excluding carboxylic acids is 2. The highest BCUT2D eigenvalue weighted by Gasteiger charge is 2.29. The molecule has 1 aliphatic rings. The van der Waals surface area contributed by atoms with Crippen LogP contribution in [0.1, 0.15) is 56.3 Å². The van der Waals surface area contributed by atoms with Crippen molar-refractivity contribution in [3.63, 3.8) is 0 Å². The smallest absolute Gasteiger partial charge is 0.220 e. The lowest BCUT2D eigenvalue weighted by molar-refractivity contribution is -0.123. The van der Waals surface area contributed by atoms with Gasteiger partial charge < -0.3 is 10.1 Å². The third-order valence-electron chi connectivity index (χ3n) is 4.46. The van der Waals surface area contributed by atoms with Gasteiger partial charge in [-0.05, 0) is 24.7 Å². The average molecular weight is 317 g/mol. The van der Waals surface area contributed by atoms with Crippen LogP contribution in [0.15, 0.2) is 30.3 Å². The first kappa shape index (κ1) is 17.7. The Hall–Kier alpha value is -1.68. The predicted molar refractivity (Wildman–Crippen MR) is 90.4 cm³/mol. The van der Waals surface area contributed by atoms with E-state index in [1.54, 1.807) is 7.11 Å². The maximum absolute atomic E-state index is 12.3. The van der Waals surface area contributed by atoms with E-state index in [9.17, 15) is 9.59 Å². The second kappa shape index (κ2) is 7.73. The van der Waals surface area contributed by atoms with Crippen LogP contribution in [0, 0.1) is 5.41 Å². The Morgan fingerprint density at radius 2 is 1.87 bits per heavy atom. The van der Waals surface area contributed by atoms with Crippen LogP contribution in [-0.2, 0) is 9.53 Å². The van der Waals surface area contributed by atoms with Gasteiger partial charge in [-0.25, -0.2) is 0 Å². The van der Waals surface area contributed by atoms with Gasteiger partial charge in [-0.3, -0.25) is 9.59 Å². The molecule has 4 heteroatoms. The summed E-state index contributed by atoms with van der Waals surface area (Å²) in [7, 11) is 1.72. The van der Waals surface area contributed by atoms with Crippen molar-refractivity contribution in [2.75, 3.05) is 7.11 Å². The number of hydrogen-bond acceptors (Lipinski definition) is 3. The van der Waals surface area contributed by atoms with Crippen LogP contribution in [0.25, 0.3) is 0 Å². The molecule has 1 aromatic rings. The molecule has 1 saturated carbocycles. The summed E-state index contributed by atoms with van der Waals surface area (Å²) in [6.07, 6.45) is 3.83. The SMILES string of the molecule is CO[C@H]1CC[C@H](NC(=O)CC(C)(C)CC(=O)c2ccccc2)C1. The molecule has 23 heavy (non-hydrogen) atoms. The number of methoxy groups -OCH3 is 1. The van der Waals surface area contributed by atoms with E-state index < -0.39 is 0 Å². The number of rotatable bonds is 7. The van der Waals surface area contributed by atoms with Crippen LogP contribution < -0.4 is 5.32 Å². The molecule has 0 bridgehead atoms. The van der Waals surface area contributed by atoms with E-state index in [1.807, 2.05) is 44.2 Å². The van der Waals surface area contributed by atoms with Crippen molar-refractivity contribution in [1.29, 1.82) is 0 Å². The molecule has 1 amide bonds. The van der Waals surface area contributed by atoms with Gasteiger partial charge in [0.25, 0.3) is 0 Å². The highest BCUT2D eigenvalue weighted by atomic mass is 16.5. The van der Waals surface area contributed by atoms with Gasteiger partial charge in [0, 0.05) is 31.6 Å². The number of ketones is 1. The lowest BCUT2D eigenvalue weighted by Gasteiger charge is -2.24. The molecule has 0 unspecified atom stereocenters. The van der Waals surface area contributed by atoms with E-state index in [0.29, 0.717) is 18.4 Å². The summed E-state index contributed by atoms with van der Waals surface area (Å²) < 4.78 is 5.33. The van der Waals surface area contributed by atoms with Crippen molar-refractivity contribution >= 4 is 11.7 Å². The minimum Gasteiger partial charge on any atom is -0.381 e. The van der Waals surface area contributed by atoms with Crippen LogP contribution >= 0.6 is 0 Å². The standard InChI is InChI=1S/C19H27NO3/c1-19(2,12-17(21)14-7-5-4-6-8-14)13-18(22)20-15-9-10-16(11-15)23-3/h4-8,15-16H,9-13H2,1-3H3,(H,20,22)/t15-,16-/m0/s1. The molecule has 1 N–H and O–H groups in total. The van der Waals surface area contributed by atoms with E-state index in [4.69, 9.17) is 4.74 Å². The largest absolute Gasteiger partial charge is 0.381 e. The summed E-state index contributed by atoms with van der Waals surface area (Å²) in [5, 5.41) is 3.08. The second-order valence-electron chi connectivity index (χ2n) is 7.24. The van der Waals surface area contributed by atoms with E-state index in [2.05, 4.69) is 5.32 Å². The average Bonchev–Trinajstić information content (AvgIpc) is 2.94. The fraction of sp³-hybridized carbons (Fsp3) is 0.579. The van der Waals surface area contributed by atoms with Crippen LogP contribution in [0.5, 0.6) is 0 Å². The lowest BCUT2D eigenvalue weighted by atomic mass is 9.82. The highest BCUT2D eigenvalue weighted by molar-refractivity contribution is 5.96. The molecule has 0 heterocycles. The van der Waals surface area contributed by atoms with Gasteiger partial charge in [0.1, 0.15) is 0 Å². The quantitative estimate of drug-likeness (QED) is 0.785. The first-order valence-corrected chi connectivity index (χ1v) is 8.30. The fourth-order valence-corrected chi connectivity index (χ4v) is 3.22. The molecule has 1 fully saturated rings. The summed E-state index contributed by atoms with van der Waals surface area (Å²) in [5.41, 5.74) is 0.357. The summed E-state index contributed by atoms with van der Waals surface area (Å²) in [5.74, 6) is 0.112. The van der Waals surface area contributed by atoms with Crippen LogP contribution in [0.2, 0.25) is 0 Å². The lowest BCUT2D eigenvalue weighted by Crippen LogP contribution is -2.36. The van der Waals surface area contributed by atoms with Crippen LogP contribution in [0.4, 0.5) is 0 Å². The number of hydrogen-bond donors (Lipinski definition) is 1. The molecule has 2 rings (SSSR count). The summed E-state index contributed by atoms with van der Waals surface area (Å²) >= 11 is 0. The zero-order valence-corrected chi connectivity index (χ0v) is 14.3. The molecule has 0 saturated heterocycles. The molecule has 0 aliphatic heterocycles. The third kappa shape index (κ3) is 5.47.